The summed E-state index contributed by atoms with van der Waals surface area (Å²) in [5.41, 5.74) is -0.115. The number of hydrogen-bond acceptors (Lipinski definition) is 7. The molecule has 1 aliphatic heterocycles. The van der Waals surface area contributed by atoms with Crippen LogP contribution >= 0.6 is 0 Å². The van der Waals surface area contributed by atoms with Crippen molar-refractivity contribution < 1.29 is 33.7 Å². The normalized spacial score (nSPS) is 19.1. The molecule has 0 amide bonds. The van der Waals surface area contributed by atoms with Gasteiger partial charge in [0.1, 0.15) is 11.7 Å². The summed E-state index contributed by atoms with van der Waals surface area (Å²) in [7, 11) is 0. The van der Waals surface area contributed by atoms with E-state index in [2.05, 4.69) is 0 Å². The van der Waals surface area contributed by atoms with E-state index in [0.717, 1.165) is 0 Å². The van der Waals surface area contributed by atoms with Gasteiger partial charge in [0, 0.05) is 24.6 Å². The summed E-state index contributed by atoms with van der Waals surface area (Å²) in [6, 6.07) is 6.68. The van der Waals surface area contributed by atoms with Crippen molar-refractivity contribution in [2.24, 2.45) is 0 Å². The second-order valence-electron chi connectivity index (χ2n) is 5.73. The first-order valence-corrected chi connectivity index (χ1v) is 7.65. The van der Waals surface area contributed by atoms with E-state index < -0.39 is 29.9 Å². The molecule has 25 heavy (non-hydrogen) atoms. The van der Waals surface area contributed by atoms with Crippen LogP contribution in [0.4, 0.5) is 0 Å². The summed E-state index contributed by atoms with van der Waals surface area (Å²) in [4.78, 5) is 35.7. The molecule has 0 spiro atoms. The Morgan fingerprint density at radius 2 is 1.56 bits per heavy atom. The number of carbonyl (C=O) groups is 3. The zero-order valence-electron chi connectivity index (χ0n) is 13.9. The Balaban J connectivity index is 2.43. The van der Waals surface area contributed by atoms with E-state index in [-0.39, 0.29) is 22.8 Å². The minimum Gasteiger partial charge on any atom is -0.483 e. The highest BCUT2D eigenvalue weighted by Gasteiger charge is 2.40. The third-order valence-electron chi connectivity index (χ3n) is 3.83. The van der Waals surface area contributed by atoms with Crippen LogP contribution in [-0.4, -0.2) is 35.0 Å². The van der Waals surface area contributed by atoms with Crippen LogP contribution < -0.4 is 14.2 Å². The lowest BCUT2D eigenvalue weighted by Crippen LogP contribution is -2.40. The fraction of sp³-hybridized carbons (Fsp3) is 0.278. The number of fused-ring (bicyclic) bond motifs is 2. The quantitative estimate of drug-likeness (QED) is 0.657. The molecule has 0 saturated heterocycles. The van der Waals surface area contributed by atoms with Crippen LogP contribution in [0.25, 0.3) is 10.8 Å². The predicted octanol–water partition coefficient (Wildman–Crippen LogP) is 2.01. The molecule has 0 aromatic heterocycles. The topological polar surface area (TPSA) is 99.1 Å². The number of ketones is 1. The van der Waals surface area contributed by atoms with Crippen LogP contribution in [0.2, 0.25) is 0 Å². The number of esters is 2. The maximum absolute atomic E-state index is 12.6. The minimum atomic E-state index is -1.42. The molecular formula is C18H16O7. The van der Waals surface area contributed by atoms with Crippen LogP contribution in [0.15, 0.2) is 24.3 Å². The van der Waals surface area contributed by atoms with Crippen molar-refractivity contribution in [3.63, 3.8) is 0 Å². The Morgan fingerprint density at radius 1 is 1.04 bits per heavy atom. The lowest BCUT2D eigenvalue weighted by molar-refractivity contribution is -0.133. The number of benzene rings is 2. The molecule has 1 N–H and O–H groups in total. The molecule has 2 aromatic carbocycles. The monoisotopic (exact) mass is 344 g/mol. The molecule has 7 heteroatoms. The van der Waals surface area contributed by atoms with Gasteiger partial charge in [0.05, 0.1) is 0 Å². The van der Waals surface area contributed by atoms with Crippen LogP contribution in [0.3, 0.4) is 0 Å². The number of Topliss-reactive ketones (excluding diaryl/α,β-unsaturated/α-hetero) is 1. The fourth-order valence-corrected chi connectivity index (χ4v) is 2.80. The van der Waals surface area contributed by atoms with Crippen molar-refractivity contribution in [3.8, 4) is 17.2 Å². The molecule has 0 saturated carbocycles. The van der Waals surface area contributed by atoms with Gasteiger partial charge < -0.3 is 19.3 Å². The first-order valence-electron chi connectivity index (χ1n) is 7.65. The minimum absolute atomic E-state index is 0.0204. The Morgan fingerprint density at radius 3 is 2.12 bits per heavy atom. The molecule has 1 aliphatic rings. The number of hydrogen-bond donors (Lipinski definition) is 1. The van der Waals surface area contributed by atoms with Crippen molar-refractivity contribution in [1.82, 2.24) is 0 Å². The van der Waals surface area contributed by atoms with Crippen molar-refractivity contribution in [1.29, 1.82) is 0 Å². The molecule has 0 radical (unpaired) electrons. The van der Waals surface area contributed by atoms with Gasteiger partial charge in [-0.25, -0.2) is 0 Å². The number of rotatable bonds is 2. The Labute approximate surface area is 143 Å². The van der Waals surface area contributed by atoms with Gasteiger partial charge in [-0.05, 0) is 6.92 Å². The number of aliphatic hydroxyl groups excluding tert-OH is 1. The zero-order valence-corrected chi connectivity index (χ0v) is 13.9. The summed E-state index contributed by atoms with van der Waals surface area (Å²) in [5, 5.41) is 10.9. The van der Waals surface area contributed by atoms with E-state index in [1.807, 2.05) is 0 Å². The lowest BCUT2D eigenvalue weighted by atomic mass is 9.93. The third kappa shape index (κ3) is 2.83. The van der Waals surface area contributed by atoms with E-state index in [9.17, 15) is 19.5 Å². The highest BCUT2D eigenvalue weighted by molar-refractivity contribution is 6.13. The van der Waals surface area contributed by atoms with Gasteiger partial charge in [-0.3, -0.25) is 14.4 Å². The summed E-state index contributed by atoms with van der Waals surface area (Å²) in [6.07, 6.45) is -2.27. The van der Waals surface area contributed by atoms with Crippen molar-refractivity contribution in [3.05, 3.63) is 29.8 Å². The average Bonchev–Trinajstić information content (AvgIpc) is 2.55. The summed E-state index contributed by atoms with van der Waals surface area (Å²) in [6.45, 7) is 3.95. The van der Waals surface area contributed by atoms with E-state index in [4.69, 9.17) is 14.2 Å². The molecule has 7 nitrogen and oxygen atoms in total. The first kappa shape index (κ1) is 16.9. The molecule has 2 atom stereocenters. The highest BCUT2D eigenvalue weighted by Crippen LogP contribution is 2.48. The van der Waals surface area contributed by atoms with Crippen molar-refractivity contribution >= 4 is 28.5 Å². The van der Waals surface area contributed by atoms with Crippen LogP contribution in [0.5, 0.6) is 17.2 Å². The third-order valence-corrected chi connectivity index (χ3v) is 3.83. The van der Waals surface area contributed by atoms with Gasteiger partial charge in [-0.2, -0.15) is 0 Å². The molecule has 0 bridgehead atoms. The van der Waals surface area contributed by atoms with Gasteiger partial charge in [0.25, 0.3) is 0 Å². The molecule has 1 heterocycles. The van der Waals surface area contributed by atoms with Crippen LogP contribution in [-0.2, 0) is 9.59 Å². The second kappa shape index (κ2) is 6.18. The van der Waals surface area contributed by atoms with Crippen LogP contribution in [0.1, 0.15) is 31.1 Å². The molecule has 0 fully saturated rings. The molecule has 130 valence electrons. The van der Waals surface area contributed by atoms with Gasteiger partial charge in [-0.15, -0.1) is 0 Å². The predicted molar refractivity (Wildman–Crippen MR) is 87.0 cm³/mol. The highest BCUT2D eigenvalue weighted by atomic mass is 16.6. The standard InChI is InChI=1S/C18H16O7/c1-8-14(21)15(22)13-16(24-9(2)19)11-6-4-5-7-12(11)17(18(13)23-8)25-10(3)20/h4-8,14,21H,1-3H3. The zero-order chi connectivity index (χ0) is 18.3. The Hall–Kier alpha value is -2.93. The average molecular weight is 344 g/mol. The number of ether oxygens (including phenoxy) is 3. The van der Waals surface area contributed by atoms with E-state index >= 15 is 0 Å². The van der Waals surface area contributed by atoms with E-state index in [0.29, 0.717) is 10.8 Å². The Kier molecular flexibility index (Phi) is 4.18. The summed E-state index contributed by atoms with van der Waals surface area (Å²) < 4.78 is 16.2. The van der Waals surface area contributed by atoms with E-state index in [1.54, 1.807) is 24.3 Å². The maximum atomic E-state index is 12.6. The lowest BCUT2D eigenvalue weighted by Gasteiger charge is -2.30. The summed E-state index contributed by atoms with van der Waals surface area (Å²) >= 11 is 0. The second-order valence-corrected chi connectivity index (χ2v) is 5.73. The van der Waals surface area contributed by atoms with Crippen LogP contribution in [0, 0.1) is 0 Å². The van der Waals surface area contributed by atoms with Gasteiger partial charge in [0.15, 0.2) is 23.4 Å². The smallest absolute Gasteiger partial charge is 0.308 e. The maximum Gasteiger partial charge on any atom is 0.308 e. The molecule has 2 aromatic rings. The Bertz CT molecular complexity index is 900. The first-order chi connectivity index (χ1) is 11.8. The van der Waals surface area contributed by atoms with Gasteiger partial charge in [-0.1, -0.05) is 24.3 Å². The SMILES string of the molecule is CC(=O)Oc1c2c(c(OC(C)=O)c3ccccc13)C(=O)C(O)C(C)O2. The number of aliphatic hydroxyl groups is 1. The van der Waals surface area contributed by atoms with Crippen molar-refractivity contribution in [2.45, 2.75) is 33.0 Å². The summed E-state index contributed by atoms with van der Waals surface area (Å²) in [5.74, 6) is -1.88. The fourth-order valence-electron chi connectivity index (χ4n) is 2.80. The molecule has 2 unspecified atom stereocenters. The van der Waals surface area contributed by atoms with E-state index in [1.165, 1.54) is 20.8 Å². The largest absolute Gasteiger partial charge is 0.483 e. The van der Waals surface area contributed by atoms with Gasteiger partial charge >= 0.3 is 11.9 Å². The number of carbonyl (C=O) groups excluding carboxylic acids is 3. The molecular weight excluding hydrogens is 328 g/mol. The van der Waals surface area contributed by atoms with Gasteiger partial charge in [0.2, 0.25) is 5.78 Å². The molecule has 3 rings (SSSR count). The molecule has 0 aliphatic carbocycles. The van der Waals surface area contributed by atoms with Crippen molar-refractivity contribution in [2.75, 3.05) is 0 Å².